The van der Waals surface area contributed by atoms with Gasteiger partial charge in [-0.15, -0.1) is 0 Å². The summed E-state index contributed by atoms with van der Waals surface area (Å²) in [5.41, 5.74) is 1.62. The van der Waals surface area contributed by atoms with E-state index in [-0.39, 0.29) is 12.2 Å². The number of aromatic nitrogens is 4. The van der Waals surface area contributed by atoms with Crippen molar-refractivity contribution in [1.82, 2.24) is 19.5 Å². The average Bonchev–Trinajstić information content (AvgIpc) is 3.42. The first-order chi connectivity index (χ1) is 15.9. The van der Waals surface area contributed by atoms with Crippen LogP contribution in [0.25, 0.3) is 21.9 Å². The lowest BCUT2D eigenvalue weighted by Gasteiger charge is -2.30. The van der Waals surface area contributed by atoms with Gasteiger partial charge in [0.1, 0.15) is 35.6 Å². The predicted molar refractivity (Wildman–Crippen MR) is 124 cm³/mol. The summed E-state index contributed by atoms with van der Waals surface area (Å²) >= 11 is 6.25. The topological polar surface area (TPSA) is 80.5 Å². The van der Waals surface area contributed by atoms with Crippen LogP contribution in [0.4, 0.5) is 0 Å². The number of nitrogens with zero attached hydrogens (tertiary/aromatic N) is 4. The SMILES string of the molecule is COC(C)(C)O[C@@H]1C[C@@H](COc2ccc3ncccc3c2)O[C@H]1n1ccc2c(Cl)ncnc21. The van der Waals surface area contributed by atoms with Crippen LogP contribution in [-0.4, -0.2) is 51.2 Å². The molecule has 8 nitrogen and oxygen atoms in total. The van der Waals surface area contributed by atoms with Gasteiger partial charge in [-0.05, 0) is 44.2 Å². The van der Waals surface area contributed by atoms with Gasteiger partial charge >= 0.3 is 0 Å². The molecule has 33 heavy (non-hydrogen) atoms. The molecule has 0 spiro atoms. The minimum Gasteiger partial charge on any atom is -0.491 e. The second kappa shape index (κ2) is 8.87. The quantitative estimate of drug-likeness (QED) is 0.285. The number of methoxy groups -OCH3 is 1. The van der Waals surface area contributed by atoms with Crippen LogP contribution in [0, 0.1) is 0 Å². The van der Waals surface area contributed by atoms with Crippen molar-refractivity contribution in [2.45, 2.75) is 44.5 Å². The Labute approximate surface area is 196 Å². The molecular formula is C24H25ClN4O4. The first kappa shape index (κ1) is 22.0. The van der Waals surface area contributed by atoms with Crippen LogP contribution in [0.1, 0.15) is 26.5 Å². The van der Waals surface area contributed by atoms with E-state index >= 15 is 0 Å². The molecule has 1 saturated heterocycles. The minimum absolute atomic E-state index is 0.188. The number of halogens is 1. The molecule has 3 aromatic heterocycles. The molecule has 0 bridgehead atoms. The molecule has 5 rings (SSSR count). The fourth-order valence-corrected chi connectivity index (χ4v) is 4.26. The van der Waals surface area contributed by atoms with Crippen LogP contribution in [-0.2, 0) is 14.2 Å². The predicted octanol–water partition coefficient (Wildman–Crippen LogP) is 4.77. The Morgan fingerprint density at radius 3 is 2.91 bits per heavy atom. The third-order valence-corrected chi connectivity index (χ3v) is 6.12. The molecule has 0 saturated carbocycles. The number of pyridine rings is 1. The van der Waals surface area contributed by atoms with Crippen molar-refractivity contribution in [2.24, 2.45) is 0 Å². The van der Waals surface area contributed by atoms with Gasteiger partial charge in [0.15, 0.2) is 12.0 Å². The Bertz CT molecular complexity index is 1280. The van der Waals surface area contributed by atoms with Crippen molar-refractivity contribution < 1.29 is 18.9 Å². The largest absolute Gasteiger partial charge is 0.491 e. The van der Waals surface area contributed by atoms with Crippen LogP contribution >= 0.6 is 11.6 Å². The number of hydrogen-bond donors (Lipinski definition) is 0. The molecule has 172 valence electrons. The molecule has 1 aliphatic heterocycles. The summed E-state index contributed by atoms with van der Waals surface area (Å²) in [5, 5.41) is 2.19. The molecule has 4 heterocycles. The summed E-state index contributed by atoms with van der Waals surface area (Å²) in [4.78, 5) is 12.8. The van der Waals surface area contributed by atoms with Crippen LogP contribution in [0.5, 0.6) is 5.75 Å². The van der Waals surface area contributed by atoms with E-state index in [1.807, 2.05) is 61.0 Å². The van der Waals surface area contributed by atoms with Gasteiger partial charge in [-0.1, -0.05) is 17.7 Å². The smallest absolute Gasteiger partial charge is 0.162 e. The number of ether oxygens (including phenoxy) is 4. The molecular weight excluding hydrogens is 444 g/mol. The summed E-state index contributed by atoms with van der Waals surface area (Å²) in [5.74, 6) is -0.00802. The van der Waals surface area contributed by atoms with E-state index in [4.69, 9.17) is 30.5 Å². The molecule has 1 aliphatic rings. The van der Waals surface area contributed by atoms with Crippen molar-refractivity contribution in [3.63, 3.8) is 0 Å². The van der Waals surface area contributed by atoms with Crippen molar-refractivity contribution in [3.8, 4) is 5.75 Å². The Morgan fingerprint density at radius 2 is 2.06 bits per heavy atom. The zero-order valence-electron chi connectivity index (χ0n) is 18.6. The highest BCUT2D eigenvalue weighted by Gasteiger charge is 2.41. The summed E-state index contributed by atoms with van der Waals surface area (Å²) in [7, 11) is 1.62. The normalized spacial score (nSPS) is 21.2. The van der Waals surface area contributed by atoms with E-state index in [9.17, 15) is 0 Å². The maximum atomic E-state index is 6.41. The van der Waals surface area contributed by atoms with E-state index < -0.39 is 12.0 Å². The molecule has 0 aliphatic carbocycles. The molecule has 0 unspecified atom stereocenters. The molecule has 0 radical (unpaired) electrons. The summed E-state index contributed by atoms with van der Waals surface area (Å²) in [6, 6.07) is 11.7. The van der Waals surface area contributed by atoms with Crippen LogP contribution in [0.2, 0.25) is 5.15 Å². The van der Waals surface area contributed by atoms with Gasteiger partial charge < -0.3 is 23.5 Å². The maximum absolute atomic E-state index is 6.41. The zero-order valence-corrected chi connectivity index (χ0v) is 19.4. The van der Waals surface area contributed by atoms with Crippen molar-refractivity contribution in [2.75, 3.05) is 13.7 Å². The number of hydrogen-bond acceptors (Lipinski definition) is 7. The number of fused-ring (bicyclic) bond motifs is 2. The van der Waals surface area contributed by atoms with Crippen molar-refractivity contribution in [3.05, 3.63) is 60.3 Å². The average molecular weight is 469 g/mol. The second-order valence-corrected chi connectivity index (χ2v) is 8.80. The van der Waals surface area contributed by atoms with E-state index in [1.54, 1.807) is 13.3 Å². The van der Waals surface area contributed by atoms with Gasteiger partial charge in [0.25, 0.3) is 0 Å². The van der Waals surface area contributed by atoms with Gasteiger partial charge in [-0.3, -0.25) is 4.98 Å². The Balaban J connectivity index is 1.37. The summed E-state index contributed by atoms with van der Waals surface area (Å²) in [6.07, 6.45) is 4.86. The van der Waals surface area contributed by atoms with E-state index in [1.165, 1.54) is 6.33 Å². The first-order valence-electron chi connectivity index (χ1n) is 10.8. The molecule has 0 N–H and O–H groups in total. The minimum atomic E-state index is -0.775. The third kappa shape index (κ3) is 4.52. The van der Waals surface area contributed by atoms with Crippen molar-refractivity contribution >= 4 is 33.5 Å². The van der Waals surface area contributed by atoms with Crippen LogP contribution in [0.15, 0.2) is 55.1 Å². The Kier molecular flexibility index (Phi) is 5.92. The maximum Gasteiger partial charge on any atom is 0.162 e. The van der Waals surface area contributed by atoms with Gasteiger partial charge in [-0.25, -0.2) is 9.97 Å². The lowest BCUT2D eigenvalue weighted by Crippen LogP contribution is -2.35. The second-order valence-electron chi connectivity index (χ2n) is 8.44. The van der Waals surface area contributed by atoms with E-state index in [2.05, 4.69) is 15.0 Å². The summed E-state index contributed by atoms with van der Waals surface area (Å²) < 4.78 is 26.2. The lowest BCUT2D eigenvalue weighted by atomic mass is 10.2. The molecule has 4 aromatic rings. The highest BCUT2D eigenvalue weighted by molar-refractivity contribution is 6.33. The Hall–Kier alpha value is -2.78. The first-order valence-corrected chi connectivity index (χ1v) is 11.1. The van der Waals surface area contributed by atoms with Crippen molar-refractivity contribution in [1.29, 1.82) is 0 Å². The van der Waals surface area contributed by atoms with E-state index in [0.29, 0.717) is 23.8 Å². The van der Waals surface area contributed by atoms with Gasteiger partial charge in [0.05, 0.1) is 17.0 Å². The summed E-state index contributed by atoms with van der Waals surface area (Å²) in [6.45, 7) is 4.14. The van der Waals surface area contributed by atoms with Crippen LogP contribution < -0.4 is 4.74 Å². The van der Waals surface area contributed by atoms with Crippen LogP contribution in [0.3, 0.4) is 0 Å². The van der Waals surface area contributed by atoms with Gasteiger partial charge in [0.2, 0.25) is 0 Å². The van der Waals surface area contributed by atoms with E-state index in [0.717, 1.165) is 22.0 Å². The molecule has 1 fully saturated rings. The third-order valence-electron chi connectivity index (χ3n) is 5.82. The highest BCUT2D eigenvalue weighted by Crippen LogP contribution is 2.37. The van der Waals surface area contributed by atoms with Gasteiger partial charge in [-0.2, -0.15) is 0 Å². The molecule has 3 atom stereocenters. The highest BCUT2D eigenvalue weighted by atomic mass is 35.5. The number of rotatable bonds is 7. The monoisotopic (exact) mass is 468 g/mol. The molecule has 0 amide bonds. The molecule has 1 aromatic carbocycles. The molecule has 9 heteroatoms. The number of benzene rings is 1. The fourth-order valence-electron chi connectivity index (χ4n) is 4.06. The zero-order chi connectivity index (χ0) is 23.0. The van der Waals surface area contributed by atoms with Gasteiger partial charge in [0, 0.05) is 31.3 Å². The lowest BCUT2D eigenvalue weighted by molar-refractivity contribution is -0.237. The Morgan fingerprint density at radius 1 is 1.18 bits per heavy atom. The standard InChI is InChI=1S/C24H25ClN4O4/c1-24(2,30-3)33-20-12-17(13-31-16-6-7-19-15(11-16)5-4-9-26-19)32-23(20)29-10-8-18-21(25)27-14-28-22(18)29/h4-11,14,17,20,23H,12-13H2,1-3H3/t17-,20+,23+/m0/s1. The fraction of sp³-hybridized carbons (Fsp3) is 0.375.